The number of hydrogen-bond donors (Lipinski definition) is 1. The van der Waals surface area contributed by atoms with Gasteiger partial charge >= 0.3 is 7.60 Å². The number of aliphatic hydroxyl groups excluding tert-OH is 1. The summed E-state index contributed by atoms with van der Waals surface area (Å²) >= 11 is 6.10. The zero-order valence-corrected chi connectivity index (χ0v) is 23.1. The van der Waals surface area contributed by atoms with Gasteiger partial charge in [0.25, 0.3) is 0 Å². The summed E-state index contributed by atoms with van der Waals surface area (Å²) in [7, 11) is -3.42. The van der Waals surface area contributed by atoms with Gasteiger partial charge in [0.05, 0.1) is 18.5 Å². The van der Waals surface area contributed by atoms with Crippen LogP contribution in [0.25, 0.3) is 0 Å². The van der Waals surface area contributed by atoms with Crippen LogP contribution in [0.2, 0.25) is 5.02 Å². The minimum absolute atomic E-state index is 0.153. The highest BCUT2D eigenvalue weighted by atomic mass is 35.5. The van der Waals surface area contributed by atoms with Crippen molar-refractivity contribution in [1.29, 1.82) is 0 Å². The molecule has 1 saturated heterocycles. The lowest BCUT2D eigenvalue weighted by Gasteiger charge is -2.30. The molecule has 190 valence electrons. The molecule has 1 heterocycles. The van der Waals surface area contributed by atoms with Crippen molar-refractivity contribution in [1.82, 2.24) is 0 Å². The predicted molar refractivity (Wildman–Crippen MR) is 142 cm³/mol. The fraction of sp³-hybridized carbons (Fsp3) is 0.429. The molecule has 1 aliphatic heterocycles. The van der Waals surface area contributed by atoms with Crippen LogP contribution in [0.3, 0.4) is 0 Å². The van der Waals surface area contributed by atoms with Crippen LogP contribution in [0, 0.1) is 19.8 Å². The third-order valence-corrected chi connectivity index (χ3v) is 7.96. The molecule has 5 nitrogen and oxygen atoms in total. The Kier molecular flexibility index (Phi) is 9.28. The lowest BCUT2D eigenvalue weighted by molar-refractivity contribution is 0.0725. The Morgan fingerprint density at radius 3 is 2.51 bits per heavy atom. The molecule has 1 aliphatic rings. The molecule has 0 aliphatic carbocycles. The standard InChI is InChI=1S/C28H36ClO5P/c1-18(2)26(22(6)30)12-19(3)13-27-20(4)14-25(15-21(27)5)32-17-35(31)33-11-10-28(34-35)23-8-7-9-24(29)16-23/h7-9,12,14-16,18,28,30H,10-11,13,17H2,1-6H3/b19-12+,26-22-/t28-,35-/m1/s1. The van der Waals surface area contributed by atoms with Gasteiger partial charge in [-0.3, -0.25) is 9.09 Å². The van der Waals surface area contributed by atoms with E-state index in [0.29, 0.717) is 29.6 Å². The fourth-order valence-electron chi connectivity index (χ4n) is 4.33. The minimum Gasteiger partial charge on any atom is -0.512 e. The Balaban J connectivity index is 1.70. The Morgan fingerprint density at radius 1 is 1.23 bits per heavy atom. The van der Waals surface area contributed by atoms with Crippen molar-refractivity contribution in [2.75, 3.05) is 13.0 Å². The monoisotopic (exact) mass is 518 g/mol. The SMILES string of the molecule is C/C(=C\C(=C(/C)O)C(C)C)Cc1c(C)cc(OC[P@@]2(=O)OCC[C@H](c3cccc(Cl)c3)O2)cc1C. The van der Waals surface area contributed by atoms with Crippen molar-refractivity contribution < 1.29 is 23.5 Å². The molecule has 0 aromatic heterocycles. The van der Waals surface area contributed by atoms with Crippen LogP contribution in [0.4, 0.5) is 0 Å². The average Bonchev–Trinajstić information content (AvgIpc) is 2.78. The normalized spacial score (nSPS) is 21.7. The molecule has 0 bridgehead atoms. The molecule has 1 fully saturated rings. The van der Waals surface area contributed by atoms with Crippen molar-refractivity contribution in [3.8, 4) is 5.75 Å². The largest absolute Gasteiger partial charge is 0.512 e. The molecular weight excluding hydrogens is 483 g/mol. The van der Waals surface area contributed by atoms with Crippen molar-refractivity contribution in [3.63, 3.8) is 0 Å². The maximum absolute atomic E-state index is 13.2. The minimum atomic E-state index is -3.42. The van der Waals surface area contributed by atoms with Crippen LogP contribution in [0.1, 0.15) is 62.5 Å². The molecule has 0 radical (unpaired) electrons. The number of allylic oxidation sites excluding steroid dienone is 4. The van der Waals surface area contributed by atoms with E-state index in [2.05, 4.69) is 26.8 Å². The zero-order chi connectivity index (χ0) is 25.8. The van der Waals surface area contributed by atoms with E-state index in [0.717, 1.165) is 28.7 Å². The maximum Gasteiger partial charge on any atom is 0.368 e. The fourth-order valence-corrected chi connectivity index (χ4v) is 6.03. The van der Waals surface area contributed by atoms with Crippen LogP contribution in [0.5, 0.6) is 5.75 Å². The van der Waals surface area contributed by atoms with Gasteiger partial charge in [-0.25, -0.2) is 0 Å². The quantitative estimate of drug-likeness (QED) is 0.215. The summed E-state index contributed by atoms with van der Waals surface area (Å²) in [5.41, 5.74) is 6.39. The van der Waals surface area contributed by atoms with E-state index in [1.807, 2.05) is 44.2 Å². The van der Waals surface area contributed by atoms with Gasteiger partial charge in [0.15, 0.2) is 6.35 Å². The van der Waals surface area contributed by atoms with Gasteiger partial charge in [0, 0.05) is 11.4 Å². The van der Waals surface area contributed by atoms with E-state index in [-0.39, 0.29) is 18.4 Å². The molecule has 2 atom stereocenters. The second-order valence-corrected chi connectivity index (χ2v) is 11.9. The van der Waals surface area contributed by atoms with Gasteiger partial charge in [-0.2, -0.15) is 0 Å². The summed E-state index contributed by atoms with van der Waals surface area (Å²) in [5.74, 6) is 1.24. The van der Waals surface area contributed by atoms with Crippen LogP contribution < -0.4 is 4.74 Å². The smallest absolute Gasteiger partial charge is 0.368 e. The Morgan fingerprint density at radius 2 is 1.91 bits per heavy atom. The number of ether oxygens (including phenoxy) is 1. The Labute approximate surface area is 214 Å². The third-order valence-electron chi connectivity index (χ3n) is 6.13. The van der Waals surface area contributed by atoms with Crippen LogP contribution >= 0.6 is 19.2 Å². The summed E-state index contributed by atoms with van der Waals surface area (Å²) in [6, 6.07) is 11.3. The highest BCUT2D eigenvalue weighted by Gasteiger charge is 2.35. The van der Waals surface area contributed by atoms with E-state index >= 15 is 0 Å². The predicted octanol–water partition coefficient (Wildman–Crippen LogP) is 8.64. The number of benzene rings is 2. The summed E-state index contributed by atoms with van der Waals surface area (Å²) in [6.07, 6.45) is 2.95. The topological polar surface area (TPSA) is 65.0 Å². The van der Waals surface area contributed by atoms with Gasteiger partial charge in [0.2, 0.25) is 0 Å². The number of hydrogen-bond acceptors (Lipinski definition) is 5. The highest BCUT2D eigenvalue weighted by Crippen LogP contribution is 2.56. The highest BCUT2D eigenvalue weighted by molar-refractivity contribution is 7.53. The molecule has 3 rings (SSSR count). The molecule has 0 amide bonds. The molecule has 2 aromatic carbocycles. The summed E-state index contributed by atoms with van der Waals surface area (Å²) in [5, 5.41) is 10.6. The molecule has 2 aromatic rings. The first-order chi connectivity index (χ1) is 16.5. The van der Waals surface area contributed by atoms with E-state index in [1.54, 1.807) is 13.0 Å². The molecule has 7 heteroatoms. The van der Waals surface area contributed by atoms with E-state index < -0.39 is 7.60 Å². The van der Waals surface area contributed by atoms with Crippen molar-refractivity contribution in [2.24, 2.45) is 5.92 Å². The lowest BCUT2D eigenvalue weighted by Crippen LogP contribution is -2.17. The first-order valence-electron chi connectivity index (χ1n) is 11.9. The second-order valence-electron chi connectivity index (χ2n) is 9.55. The second kappa shape index (κ2) is 11.8. The molecule has 0 unspecified atom stereocenters. The summed E-state index contributed by atoms with van der Waals surface area (Å²) in [4.78, 5) is 0. The van der Waals surface area contributed by atoms with Crippen molar-refractivity contribution >= 4 is 19.2 Å². The third kappa shape index (κ3) is 7.47. The van der Waals surface area contributed by atoms with Gasteiger partial charge in [-0.1, -0.05) is 49.2 Å². The molecule has 0 spiro atoms. The zero-order valence-electron chi connectivity index (χ0n) is 21.4. The van der Waals surface area contributed by atoms with Crippen LogP contribution in [-0.2, 0) is 20.0 Å². The Hall–Kier alpha value is -2.04. The molecule has 1 N–H and O–H groups in total. The van der Waals surface area contributed by atoms with Crippen LogP contribution in [-0.4, -0.2) is 18.1 Å². The van der Waals surface area contributed by atoms with Gasteiger partial charge < -0.3 is 14.4 Å². The first kappa shape index (κ1) is 27.5. The van der Waals surface area contributed by atoms with Gasteiger partial charge in [-0.15, -0.1) is 0 Å². The van der Waals surface area contributed by atoms with E-state index in [4.69, 9.17) is 25.4 Å². The number of rotatable bonds is 8. The molecular formula is C28H36ClO5P. The van der Waals surface area contributed by atoms with E-state index in [9.17, 15) is 9.67 Å². The summed E-state index contributed by atoms with van der Waals surface area (Å²) in [6.45, 7) is 12.4. The first-order valence-corrected chi connectivity index (χ1v) is 14.1. The van der Waals surface area contributed by atoms with E-state index in [1.165, 1.54) is 11.1 Å². The number of halogens is 1. The van der Waals surface area contributed by atoms with Crippen molar-refractivity contribution in [2.45, 2.75) is 60.5 Å². The van der Waals surface area contributed by atoms with Crippen LogP contribution in [0.15, 0.2) is 59.4 Å². The van der Waals surface area contributed by atoms with Gasteiger partial charge in [-0.05, 0) is 92.1 Å². The average molecular weight is 519 g/mol. The van der Waals surface area contributed by atoms with Crippen molar-refractivity contribution in [3.05, 3.63) is 86.7 Å². The molecule has 0 saturated carbocycles. The lowest BCUT2D eigenvalue weighted by atomic mass is 9.93. The number of aliphatic hydroxyl groups is 1. The maximum atomic E-state index is 13.2. The summed E-state index contributed by atoms with van der Waals surface area (Å²) < 4.78 is 30.5. The molecule has 35 heavy (non-hydrogen) atoms. The number of aryl methyl sites for hydroxylation is 2. The Bertz CT molecular complexity index is 1140. The van der Waals surface area contributed by atoms with Gasteiger partial charge in [0.1, 0.15) is 5.75 Å².